The van der Waals surface area contributed by atoms with Crippen LogP contribution in [0.4, 0.5) is 10.5 Å². The molecule has 0 aliphatic carbocycles. The molecule has 1 saturated heterocycles. The Balaban J connectivity index is 1.95. The highest BCUT2D eigenvalue weighted by molar-refractivity contribution is 5.67. The van der Waals surface area contributed by atoms with Gasteiger partial charge in [-0.1, -0.05) is 18.2 Å². The monoisotopic (exact) mass is 206 g/mol. The van der Waals surface area contributed by atoms with Crippen LogP contribution in [0.2, 0.25) is 0 Å². The Morgan fingerprint density at radius 1 is 1.40 bits per heavy atom. The van der Waals surface area contributed by atoms with Gasteiger partial charge in [0.05, 0.1) is 6.04 Å². The van der Waals surface area contributed by atoms with E-state index in [0.29, 0.717) is 19.1 Å². The SMILES string of the molecule is CN(c1ccccc1)C1CN(C(=O)O)C1. The molecule has 2 rings (SSSR count). The number of amides is 1. The molecule has 0 unspecified atom stereocenters. The lowest BCUT2D eigenvalue weighted by Crippen LogP contribution is -2.60. The standard InChI is InChI=1S/C11H14N2O2/c1-12(9-5-3-2-4-6-9)10-7-13(8-10)11(14)15/h2-6,10H,7-8H2,1H3,(H,14,15). The maximum atomic E-state index is 10.6. The second-order valence-corrected chi connectivity index (χ2v) is 3.79. The summed E-state index contributed by atoms with van der Waals surface area (Å²) in [6, 6.07) is 10.3. The number of likely N-dealkylation sites (tertiary alicyclic amines) is 1. The first-order chi connectivity index (χ1) is 7.18. The fraction of sp³-hybridized carbons (Fsp3) is 0.364. The number of anilines is 1. The first-order valence-electron chi connectivity index (χ1n) is 4.94. The summed E-state index contributed by atoms with van der Waals surface area (Å²) in [5, 5.41) is 8.71. The maximum Gasteiger partial charge on any atom is 0.407 e. The Hall–Kier alpha value is -1.71. The molecule has 0 radical (unpaired) electrons. The molecule has 0 atom stereocenters. The van der Waals surface area contributed by atoms with Gasteiger partial charge in [-0.2, -0.15) is 0 Å². The Kier molecular flexibility index (Phi) is 2.49. The molecule has 1 aliphatic heterocycles. The van der Waals surface area contributed by atoms with Crippen LogP contribution in [0.15, 0.2) is 30.3 Å². The Labute approximate surface area is 88.7 Å². The third-order valence-corrected chi connectivity index (χ3v) is 2.84. The number of hydrogen-bond acceptors (Lipinski definition) is 2. The zero-order valence-electron chi connectivity index (χ0n) is 8.63. The number of para-hydroxylation sites is 1. The highest BCUT2D eigenvalue weighted by Gasteiger charge is 2.33. The molecule has 80 valence electrons. The molecule has 0 bridgehead atoms. The smallest absolute Gasteiger partial charge is 0.407 e. The summed E-state index contributed by atoms with van der Waals surface area (Å²) in [7, 11) is 2.00. The van der Waals surface area contributed by atoms with E-state index in [1.165, 1.54) is 4.90 Å². The molecule has 0 spiro atoms. The topological polar surface area (TPSA) is 43.8 Å². The van der Waals surface area contributed by atoms with Gasteiger partial charge in [0.25, 0.3) is 0 Å². The summed E-state index contributed by atoms with van der Waals surface area (Å²) in [5.74, 6) is 0. The molecule has 1 fully saturated rings. The van der Waals surface area contributed by atoms with Crippen molar-refractivity contribution >= 4 is 11.8 Å². The number of rotatable bonds is 2. The Morgan fingerprint density at radius 2 is 2.00 bits per heavy atom. The summed E-state index contributed by atoms with van der Waals surface area (Å²) in [6.07, 6.45) is -0.826. The van der Waals surface area contributed by atoms with Crippen LogP contribution in [0.3, 0.4) is 0 Å². The fourth-order valence-corrected chi connectivity index (χ4v) is 1.73. The zero-order chi connectivity index (χ0) is 10.8. The van der Waals surface area contributed by atoms with E-state index in [9.17, 15) is 4.79 Å². The van der Waals surface area contributed by atoms with Gasteiger partial charge in [0.1, 0.15) is 0 Å². The van der Waals surface area contributed by atoms with E-state index in [4.69, 9.17) is 5.11 Å². The molecule has 1 aromatic rings. The van der Waals surface area contributed by atoms with Crippen LogP contribution in [-0.2, 0) is 0 Å². The number of benzene rings is 1. The first-order valence-corrected chi connectivity index (χ1v) is 4.94. The van der Waals surface area contributed by atoms with Crippen molar-refractivity contribution in [3.63, 3.8) is 0 Å². The van der Waals surface area contributed by atoms with Crippen molar-refractivity contribution in [1.29, 1.82) is 0 Å². The normalized spacial score (nSPS) is 15.9. The van der Waals surface area contributed by atoms with Crippen LogP contribution >= 0.6 is 0 Å². The quantitative estimate of drug-likeness (QED) is 0.797. The molecule has 15 heavy (non-hydrogen) atoms. The van der Waals surface area contributed by atoms with E-state index in [1.54, 1.807) is 0 Å². The number of carbonyl (C=O) groups is 1. The molecule has 0 saturated carbocycles. The molecule has 1 heterocycles. The molecule has 4 heteroatoms. The number of likely N-dealkylation sites (N-methyl/N-ethyl adjacent to an activating group) is 1. The van der Waals surface area contributed by atoms with E-state index in [-0.39, 0.29) is 0 Å². The third-order valence-electron chi connectivity index (χ3n) is 2.84. The van der Waals surface area contributed by atoms with Crippen molar-refractivity contribution in [2.75, 3.05) is 25.0 Å². The van der Waals surface area contributed by atoms with Crippen LogP contribution in [0.5, 0.6) is 0 Å². The summed E-state index contributed by atoms with van der Waals surface area (Å²) in [5.41, 5.74) is 1.13. The Bertz CT molecular complexity index is 347. The van der Waals surface area contributed by atoms with E-state index >= 15 is 0 Å². The van der Waals surface area contributed by atoms with E-state index in [0.717, 1.165) is 5.69 Å². The Morgan fingerprint density at radius 3 is 2.53 bits per heavy atom. The van der Waals surface area contributed by atoms with Crippen molar-refractivity contribution in [2.45, 2.75) is 6.04 Å². The maximum absolute atomic E-state index is 10.6. The lowest BCUT2D eigenvalue weighted by atomic mass is 10.1. The van der Waals surface area contributed by atoms with E-state index in [2.05, 4.69) is 4.90 Å². The van der Waals surface area contributed by atoms with Crippen LogP contribution in [-0.4, -0.2) is 42.3 Å². The number of nitrogens with zero attached hydrogens (tertiary/aromatic N) is 2. The van der Waals surface area contributed by atoms with E-state index in [1.807, 2.05) is 37.4 Å². The van der Waals surface area contributed by atoms with Crippen LogP contribution in [0, 0.1) is 0 Å². The van der Waals surface area contributed by atoms with Crippen molar-refractivity contribution < 1.29 is 9.90 Å². The van der Waals surface area contributed by atoms with Gasteiger partial charge in [-0.15, -0.1) is 0 Å². The van der Waals surface area contributed by atoms with Crippen LogP contribution < -0.4 is 4.90 Å². The predicted molar refractivity (Wildman–Crippen MR) is 58.2 cm³/mol. The molecular formula is C11H14N2O2. The average Bonchev–Trinajstić information content (AvgIpc) is 2.16. The number of carboxylic acid groups (broad SMARTS) is 1. The number of hydrogen-bond donors (Lipinski definition) is 1. The van der Waals surface area contributed by atoms with Crippen molar-refractivity contribution in [3.8, 4) is 0 Å². The second kappa shape index (κ2) is 3.81. The predicted octanol–water partition coefficient (Wildman–Crippen LogP) is 1.49. The molecule has 1 aliphatic rings. The second-order valence-electron chi connectivity index (χ2n) is 3.79. The molecular weight excluding hydrogens is 192 g/mol. The zero-order valence-corrected chi connectivity index (χ0v) is 8.63. The van der Waals surface area contributed by atoms with Gasteiger partial charge in [0.15, 0.2) is 0 Å². The summed E-state index contributed by atoms with van der Waals surface area (Å²) in [4.78, 5) is 14.1. The van der Waals surface area contributed by atoms with Gasteiger partial charge in [-0.3, -0.25) is 0 Å². The summed E-state index contributed by atoms with van der Waals surface area (Å²) >= 11 is 0. The largest absolute Gasteiger partial charge is 0.465 e. The van der Waals surface area contributed by atoms with Gasteiger partial charge in [0, 0.05) is 25.8 Å². The van der Waals surface area contributed by atoms with Crippen LogP contribution in [0.1, 0.15) is 0 Å². The fourth-order valence-electron chi connectivity index (χ4n) is 1.73. The van der Waals surface area contributed by atoms with Gasteiger partial charge in [-0.05, 0) is 12.1 Å². The first kappa shape index (κ1) is 9.83. The minimum atomic E-state index is -0.826. The van der Waals surface area contributed by atoms with Crippen molar-refractivity contribution in [2.24, 2.45) is 0 Å². The minimum Gasteiger partial charge on any atom is -0.465 e. The minimum absolute atomic E-state index is 0.309. The lowest BCUT2D eigenvalue weighted by Gasteiger charge is -2.43. The van der Waals surface area contributed by atoms with Gasteiger partial charge >= 0.3 is 6.09 Å². The highest BCUT2D eigenvalue weighted by Crippen LogP contribution is 2.20. The molecule has 0 aromatic heterocycles. The summed E-state index contributed by atoms with van der Waals surface area (Å²) in [6.45, 7) is 1.20. The highest BCUT2D eigenvalue weighted by atomic mass is 16.4. The summed E-state index contributed by atoms with van der Waals surface area (Å²) < 4.78 is 0. The van der Waals surface area contributed by atoms with E-state index < -0.39 is 6.09 Å². The third kappa shape index (κ3) is 1.88. The van der Waals surface area contributed by atoms with Crippen molar-refractivity contribution in [3.05, 3.63) is 30.3 Å². The molecule has 1 aromatic carbocycles. The average molecular weight is 206 g/mol. The molecule has 1 N–H and O–H groups in total. The molecule has 4 nitrogen and oxygen atoms in total. The van der Waals surface area contributed by atoms with Crippen molar-refractivity contribution in [1.82, 2.24) is 4.90 Å². The van der Waals surface area contributed by atoms with Gasteiger partial charge in [-0.25, -0.2) is 4.79 Å². The lowest BCUT2D eigenvalue weighted by molar-refractivity contribution is 0.105. The molecule has 1 amide bonds. The van der Waals surface area contributed by atoms with Gasteiger partial charge < -0.3 is 14.9 Å². The van der Waals surface area contributed by atoms with Crippen LogP contribution in [0.25, 0.3) is 0 Å². The van der Waals surface area contributed by atoms with Gasteiger partial charge in [0.2, 0.25) is 0 Å².